The first-order valence-electron chi connectivity index (χ1n) is 6.54. The number of hydrogen-bond acceptors (Lipinski definition) is 1. The Labute approximate surface area is 107 Å². The molecule has 0 unspecified atom stereocenters. The fraction of sp³-hybridized carbons (Fsp3) is 1.00. The summed E-state index contributed by atoms with van der Waals surface area (Å²) in [6, 6.07) is 0. The zero-order valence-electron chi connectivity index (χ0n) is 10.7. The number of unbranched alkanes of at least 4 members (excludes halogenated alkanes) is 3. The van der Waals surface area contributed by atoms with Crippen LogP contribution in [0.5, 0.6) is 0 Å². The van der Waals surface area contributed by atoms with Crippen LogP contribution in [0.4, 0.5) is 0 Å². The van der Waals surface area contributed by atoms with Gasteiger partial charge >= 0.3 is 107 Å². The maximum absolute atomic E-state index is 6.23. The second-order valence-corrected chi connectivity index (χ2v) is 20.7. The molecule has 0 aliphatic rings. The number of halogens is 1. The first kappa shape index (κ1) is 16.2. The Balaban J connectivity index is 4.16. The van der Waals surface area contributed by atoms with Crippen LogP contribution < -0.4 is 0 Å². The van der Waals surface area contributed by atoms with Crippen molar-refractivity contribution in [2.75, 3.05) is 0 Å². The fourth-order valence-electron chi connectivity index (χ4n) is 1.99. The van der Waals surface area contributed by atoms with Gasteiger partial charge in [-0.1, -0.05) is 0 Å². The van der Waals surface area contributed by atoms with Crippen LogP contribution in [0, 0.1) is 0 Å². The van der Waals surface area contributed by atoms with Crippen LogP contribution in [-0.4, -0.2) is 12.4 Å². The van der Waals surface area contributed by atoms with Crippen molar-refractivity contribution in [2.45, 2.75) is 74.9 Å². The van der Waals surface area contributed by atoms with Crippen molar-refractivity contribution in [2.24, 2.45) is 0 Å². The summed E-state index contributed by atoms with van der Waals surface area (Å²) in [6.07, 6.45) is 8.24. The van der Waals surface area contributed by atoms with E-state index in [4.69, 9.17) is 10.7 Å². The van der Waals surface area contributed by atoms with E-state index in [0.717, 1.165) is 0 Å². The van der Waals surface area contributed by atoms with E-state index < -0.39 is 12.4 Å². The fourth-order valence-corrected chi connectivity index (χ4v) is 17.4. The zero-order chi connectivity index (χ0) is 11.6. The Morgan fingerprint density at radius 2 is 1.13 bits per heavy atom. The monoisotopic (exact) mass is 314 g/mol. The van der Waals surface area contributed by atoms with Crippen LogP contribution >= 0.6 is 19.9 Å². The van der Waals surface area contributed by atoms with Gasteiger partial charge in [0.1, 0.15) is 0 Å². The number of hydrogen-bond donors (Lipinski definition) is 0. The average molecular weight is 315 g/mol. The van der Waals surface area contributed by atoms with Crippen molar-refractivity contribution < 1.29 is 0 Å². The van der Waals surface area contributed by atoms with Crippen LogP contribution in [0.15, 0.2) is 0 Å². The zero-order valence-corrected chi connectivity index (χ0v) is 14.3. The summed E-state index contributed by atoms with van der Waals surface area (Å²) in [7, 11) is 8.03. The molecular weight excluding hydrogens is 287 g/mol. The van der Waals surface area contributed by atoms with E-state index >= 15 is 0 Å². The SMILES string of the molecule is CCCC[AsH](CCCC)(CCCC)SCl. The second-order valence-electron chi connectivity index (χ2n) is 4.57. The van der Waals surface area contributed by atoms with E-state index in [1.165, 1.54) is 54.2 Å². The molecule has 0 aromatic heterocycles. The molecule has 0 amide bonds. The van der Waals surface area contributed by atoms with Gasteiger partial charge < -0.3 is 0 Å². The van der Waals surface area contributed by atoms with Gasteiger partial charge in [0.05, 0.1) is 0 Å². The van der Waals surface area contributed by atoms with Gasteiger partial charge in [0, 0.05) is 0 Å². The van der Waals surface area contributed by atoms with E-state index in [2.05, 4.69) is 20.8 Å². The molecule has 0 spiro atoms. The molecular formula is C12H28AsClS. The molecule has 0 nitrogen and oxygen atoms in total. The van der Waals surface area contributed by atoms with Crippen molar-refractivity contribution in [1.29, 1.82) is 0 Å². The van der Waals surface area contributed by atoms with Crippen molar-refractivity contribution in [3.05, 3.63) is 0 Å². The molecule has 0 aromatic carbocycles. The summed E-state index contributed by atoms with van der Waals surface area (Å²) in [5.74, 6) is 0. The molecule has 0 bridgehead atoms. The van der Waals surface area contributed by atoms with E-state index in [1.54, 1.807) is 9.24 Å². The van der Waals surface area contributed by atoms with Crippen LogP contribution in [0.2, 0.25) is 15.6 Å². The Morgan fingerprint density at radius 3 is 1.33 bits per heavy atom. The molecule has 0 heterocycles. The van der Waals surface area contributed by atoms with Crippen LogP contribution in [-0.2, 0) is 0 Å². The molecule has 0 saturated heterocycles. The molecule has 15 heavy (non-hydrogen) atoms. The van der Waals surface area contributed by atoms with Crippen molar-refractivity contribution >= 4 is 32.3 Å². The van der Waals surface area contributed by atoms with Gasteiger partial charge in [-0.25, -0.2) is 0 Å². The second kappa shape index (κ2) is 10.4. The van der Waals surface area contributed by atoms with Crippen molar-refractivity contribution in [1.82, 2.24) is 0 Å². The maximum atomic E-state index is 6.23. The molecule has 0 fully saturated rings. The Hall–Kier alpha value is 1.20. The van der Waals surface area contributed by atoms with Gasteiger partial charge in [-0.2, -0.15) is 0 Å². The summed E-state index contributed by atoms with van der Waals surface area (Å²) in [6.45, 7) is 6.89. The molecule has 0 N–H and O–H groups in total. The summed E-state index contributed by atoms with van der Waals surface area (Å²) >= 11 is -1.69. The van der Waals surface area contributed by atoms with Crippen LogP contribution in [0.1, 0.15) is 59.3 Å². The third-order valence-electron chi connectivity index (χ3n) is 3.12. The summed E-state index contributed by atoms with van der Waals surface area (Å²) < 4.78 is 0. The van der Waals surface area contributed by atoms with Gasteiger partial charge in [-0.3, -0.25) is 0 Å². The molecule has 3 heteroatoms. The molecule has 0 aliphatic carbocycles. The predicted molar refractivity (Wildman–Crippen MR) is 79.7 cm³/mol. The molecule has 0 aliphatic heterocycles. The standard InChI is InChI=1S/C12H28AsClS/c1-4-7-10-13(15-14,11-8-5-2)12-9-6-3/h13H,4-12H2,1-3H3. The quantitative estimate of drug-likeness (QED) is 0.449. The molecule has 94 valence electrons. The minimum absolute atomic E-state index is 1.34. The van der Waals surface area contributed by atoms with Gasteiger partial charge in [-0.15, -0.1) is 0 Å². The van der Waals surface area contributed by atoms with Gasteiger partial charge in [0.25, 0.3) is 0 Å². The Bertz CT molecular complexity index is 120. The van der Waals surface area contributed by atoms with Crippen molar-refractivity contribution in [3.8, 4) is 0 Å². The van der Waals surface area contributed by atoms with Gasteiger partial charge in [-0.05, 0) is 0 Å². The summed E-state index contributed by atoms with van der Waals surface area (Å²) in [5.41, 5.74) is 0. The molecule has 0 atom stereocenters. The first-order chi connectivity index (χ1) is 7.24. The first-order valence-corrected chi connectivity index (χ1v) is 15.2. The number of rotatable bonds is 10. The minimum atomic E-state index is -1.69. The van der Waals surface area contributed by atoms with Crippen LogP contribution in [0.25, 0.3) is 0 Å². The third-order valence-corrected chi connectivity index (χ3v) is 21.8. The van der Waals surface area contributed by atoms with E-state index in [1.807, 2.05) is 0 Å². The van der Waals surface area contributed by atoms with Gasteiger partial charge in [0.2, 0.25) is 0 Å². The topological polar surface area (TPSA) is 0 Å². The van der Waals surface area contributed by atoms with Gasteiger partial charge in [0.15, 0.2) is 0 Å². The average Bonchev–Trinajstić information content (AvgIpc) is 2.29. The Morgan fingerprint density at radius 1 is 0.800 bits per heavy atom. The summed E-state index contributed by atoms with van der Waals surface area (Å²) in [5, 5.41) is 4.47. The van der Waals surface area contributed by atoms with Crippen LogP contribution in [0.3, 0.4) is 0 Å². The van der Waals surface area contributed by atoms with E-state index in [-0.39, 0.29) is 0 Å². The van der Waals surface area contributed by atoms with Crippen molar-refractivity contribution in [3.63, 3.8) is 0 Å². The molecule has 0 aromatic rings. The normalized spacial score (nSPS) is 13.1. The molecule has 0 radical (unpaired) electrons. The van der Waals surface area contributed by atoms with E-state index in [0.29, 0.717) is 0 Å². The Kier molecular flexibility index (Phi) is 11.2. The van der Waals surface area contributed by atoms with E-state index in [9.17, 15) is 0 Å². The predicted octanol–water partition coefficient (Wildman–Crippen LogP) is 5.95. The molecule has 0 saturated carbocycles. The summed E-state index contributed by atoms with van der Waals surface area (Å²) in [4.78, 5) is 0. The molecule has 0 rings (SSSR count). The third kappa shape index (κ3) is 7.18.